The number of likely N-dealkylation sites (tertiary alicyclic amines) is 1. The van der Waals surface area contributed by atoms with Crippen molar-refractivity contribution in [2.45, 2.75) is 6.04 Å². The lowest BCUT2D eigenvalue weighted by atomic mass is 9.95. The van der Waals surface area contributed by atoms with Crippen molar-refractivity contribution >= 4 is 17.4 Å². The van der Waals surface area contributed by atoms with Crippen molar-refractivity contribution in [3.63, 3.8) is 0 Å². The Kier molecular flexibility index (Phi) is 8.29. The quantitative estimate of drug-likeness (QED) is 0.151. The van der Waals surface area contributed by atoms with Crippen LogP contribution in [0.3, 0.4) is 0 Å². The summed E-state index contributed by atoms with van der Waals surface area (Å²) in [6, 6.07) is 9.94. The molecule has 2 aromatic carbocycles. The van der Waals surface area contributed by atoms with E-state index in [1.54, 1.807) is 36.4 Å². The maximum Gasteiger partial charge on any atom is 0.295 e. The molecule has 0 saturated carbocycles. The summed E-state index contributed by atoms with van der Waals surface area (Å²) in [4.78, 5) is 27.2. The summed E-state index contributed by atoms with van der Waals surface area (Å²) in [7, 11) is 1.38. The van der Waals surface area contributed by atoms with Gasteiger partial charge >= 0.3 is 0 Å². The lowest BCUT2D eigenvalue weighted by molar-refractivity contribution is -0.140. The van der Waals surface area contributed by atoms with Crippen LogP contribution in [0.15, 0.2) is 60.7 Å². The van der Waals surface area contributed by atoms with E-state index in [2.05, 4.69) is 6.58 Å². The van der Waals surface area contributed by atoms with Crippen LogP contribution in [0.5, 0.6) is 17.2 Å². The molecule has 0 bridgehead atoms. The van der Waals surface area contributed by atoms with Crippen LogP contribution in [0.2, 0.25) is 0 Å². The summed E-state index contributed by atoms with van der Waals surface area (Å²) in [6.45, 7) is 3.94. The molecule has 1 unspecified atom stereocenters. The van der Waals surface area contributed by atoms with Gasteiger partial charge in [0.2, 0.25) is 0 Å². The Labute approximate surface area is 197 Å². The van der Waals surface area contributed by atoms with Gasteiger partial charge in [-0.1, -0.05) is 18.7 Å². The van der Waals surface area contributed by atoms with Crippen molar-refractivity contribution in [1.29, 1.82) is 0 Å². The lowest BCUT2D eigenvalue weighted by Gasteiger charge is -2.25. The molecule has 0 radical (unpaired) electrons. The molecule has 3 rings (SSSR count). The van der Waals surface area contributed by atoms with Gasteiger partial charge < -0.3 is 34.4 Å². The maximum absolute atomic E-state index is 13.0. The van der Waals surface area contributed by atoms with Crippen LogP contribution in [-0.4, -0.2) is 72.0 Å². The van der Waals surface area contributed by atoms with Crippen LogP contribution in [0.1, 0.15) is 17.2 Å². The van der Waals surface area contributed by atoms with Crippen molar-refractivity contribution in [2.75, 3.05) is 40.1 Å². The molecule has 9 nitrogen and oxygen atoms in total. The summed E-state index contributed by atoms with van der Waals surface area (Å²) in [5.41, 5.74) is 0.694. The Hall–Kier alpha value is -3.82. The number of hydrogen-bond donors (Lipinski definition) is 3. The zero-order valence-electron chi connectivity index (χ0n) is 18.8. The first kappa shape index (κ1) is 24.8. The number of rotatable bonds is 11. The van der Waals surface area contributed by atoms with E-state index < -0.39 is 17.7 Å². The van der Waals surface area contributed by atoms with E-state index >= 15 is 0 Å². The standard InChI is InChI=1S/C25H27NO8/c1-3-12-34-18-7-4-16(5-8-18)23(29)21-22(17-6-9-19(28)20(15-17)32-2)26(25(31)24(21)30)10-13-33-14-11-27/h3-9,15,22,27-29H,1,10-14H2,2H3. The first-order valence-electron chi connectivity index (χ1n) is 10.6. The second kappa shape index (κ2) is 11.4. The number of Topliss-reactive ketones (excluding diaryl/α,β-unsaturated/α-hetero) is 1. The van der Waals surface area contributed by atoms with E-state index in [1.807, 2.05) is 0 Å². The number of ether oxygens (including phenoxy) is 3. The molecular formula is C25H27NO8. The fourth-order valence-electron chi connectivity index (χ4n) is 3.67. The monoisotopic (exact) mass is 469 g/mol. The van der Waals surface area contributed by atoms with Gasteiger partial charge in [0.25, 0.3) is 11.7 Å². The number of methoxy groups -OCH3 is 1. The Morgan fingerprint density at radius 3 is 2.53 bits per heavy atom. The van der Waals surface area contributed by atoms with Crippen molar-refractivity contribution in [1.82, 2.24) is 4.90 Å². The summed E-state index contributed by atoms with van der Waals surface area (Å²) < 4.78 is 15.9. The van der Waals surface area contributed by atoms with Crippen LogP contribution < -0.4 is 9.47 Å². The lowest BCUT2D eigenvalue weighted by Crippen LogP contribution is -2.33. The van der Waals surface area contributed by atoms with Gasteiger partial charge in [-0.3, -0.25) is 9.59 Å². The number of ketones is 1. The average molecular weight is 469 g/mol. The average Bonchev–Trinajstić information content (AvgIpc) is 3.10. The summed E-state index contributed by atoms with van der Waals surface area (Å²) in [5, 5.41) is 30.0. The minimum Gasteiger partial charge on any atom is -0.507 e. The minimum absolute atomic E-state index is 0.0452. The Bertz CT molecular complexity index is 1080. The van der Waals surface area contributed by atoms with Crippen LogP contribution >= 0.6 is 0 Å². The number of benzene rings is 2. The molecule has 1 aliphatic heterocycles. The van der Waals surface area contributed by atoms with Crippen LogP contribution in [0.4, 0.5) is 0 Å². The number of carbonyl (C=O) groups excluding carboxylic acids is 2. The smallest absolute Gasteiger partial charge is 0.295 e. The number of aromatic hydroxyl groups is 1. The summed E-state index contributed by atoms with van der Waals surface area (Å²) >= 11 is 0. The molecule has 1 amide bonds. The Morgan fingerprint density at radius 1 is 1.15 bits per heavy atom. The van der Waals surface area contributed by atoms with Crippen LogP contribution in [-0.2, 0) is 14.3 Å². The van der Waals surface area contributed by atoms with Crippen molar-refractivity contribution in [2.24, 2.45) is 0 Å². The van der Waals surface area contributed by atoms with E-state index in [0.717, 1.165) is 0 Å². The number of hydrogen-bond acceptors (Lipinski definition) is 8. The molecule has 2 aromatic rings. The van der Waals surface area contributed by atoms with Gasteiger partial charge in [0.15, 0.2) is 11.5 Å². The molecule has 3 N–H and O–H groups in total. The van der Waals surface area contributed by atoms with Gasteiger partial charge in [0.05, 0.1) is 38.5 Å². The first-order chi connectivity index (χ1) is 16.4. The topological polar surface area (TPSA) is 126 Å². The van der Waals surface area contributed by atoms with Crippen LogP contribution in [0.25, 0.3) is 5.76 Å². The highest BCUT2D eigenvalue weighted by atomic mass is 16.5. The molecule has 1 aliphatic rings. The SMILES string of the molecule is C=CCOc1ccc(C(O)=C2C(=O)C(=O)N(CCOCCO)C2c2ccc(O)c(OC)c2)cc1. The van der Waals surface area contributed by atoms with Crippen molar-refractivity contribution in [3.8, 4) is 17.2 Å². The van der Waals surface area contributed by atoms with Crippen molar-refractivity contribution < 1.29 is 39.1 Å². The zero-order valence-corrected chi connectivity index (χ0v) is 18.8. The molecule has 0 aliphatic carbocycles. The molecule has 34 heavy (non-hydrogen) atoms. The first-order valence-corrected chi connectivity index (χ1v) is 10.6. The number of aliphatic hydroxyl groups excluding tert-OH is 2. The summed E-state index contributed by atoms with van der Waals surface area (Å²) in [6.07, 6.45) is 1.60. The van der Waals surface area contributed by atoms with E-state index in [-0.39, 0.29) is 49.2 Å². The number of phenols is 1. The molecule has 0 spiro atoms. The second-order valence-electron chi connectivity index (χ2n) is 7.38. The Morgan fingerprint density at radius 2 is 1.88 bits per heavy atom. The third-order valence-electron chi connectivity index (χ3n) is 5.27. The van der Waals surface area contributed by atoms with Gasteiger partial charge in [-0.05, 0) is 42.0 Å². The van der Waals surface area contributed by atoms with Gasteiger partial charge in [-0.25, -0.2) is 0 Å². The van der Waals surface area contributed by atoms with E-state index in [0.29, 0.717) is 23.5 Å². The van der Waals surface area contributed by atoms with Gasteiger partial charge in [-0.15, -0.1) is 0 Å². The predicted octanol–water partition coefficient (Wildman–Crippen LogP) is 2.40. The minimum atomic E-state index is -0.941. The molecule has 1 atom stereocenters. The zero-order chi connectivity index (χ0) is 24.7. The largest absolute Gasteiger partial charge is 0.507 e. The predicted molar refractivity (Wildman–Crippen MR) is 124 cm³/mol. The second-order valence-corrected chi connectivity index (χ2v) is 7.38. The third kappa shape index (κ3) is 5.22. The molecule has 0 aromatic heterocycles. The molecule has 1 saturated heterocycles. The van der Waals surface area contributed by atoms with Crippen LogP contribution in [0, 0.1) is 0 Å². The number of nitrogens with zero attached hydrogens (tertiary/aromatic N) is 1. The normalized spacial score (nSPS) is 17.1. The van der Waals surface area contributed by atoms with E-state index in [1.165, 1.54) is 24.1 Å². The Balaban J connectivity index is 2.05. The highest BCUT2D eigenvalue weighted by Gasteiger charge is 2.46. The van der Waals surface area contributed by atoms with Crippen molar-refractivity contribution in [3.05, 3.63) is 71.8 Å². The fraction of sp³-hybridized carbons (Fsp3) is 0.280. The highest BCUT2D eigenvalue weighted by molar-refractivity contribution is 6.46. The molecule has 1 heterocycles. The molecule has 180 valence electrons. The van der Waals surface area contributed by atoms with Gasteiger partial charge in [-0.2, -0.15) is 0 Å². The van der Waals surface area contributed by atoms with Gasteiger partial charge in [0.1, 0.15) is 18.1 Å². The van der Waals surface area contributed by atoms with E-state index in [9.17, 15) is 19.8 Å². The molecular weight excluding hydrogens is 442 g/mol. The summed E-state index contributed by atoms with van der Waals surface area (Å²) in [5.74, 6) is -1.38. The number of carbonyl (C=O) groups is 2. The number of amides is 1. The molecule has 9 heteroatoms. The molecule has 1 fully saturated rings. The fourth-order valence-corrected chi connectivity index (χ4v) is 3.67. The van der Waals surface area contributed by atoms with E-state index in [4.69, 9.17) is 19.3 Å². The van der Waals surface area contributed by atoms with Gasteiger partial charge in [0, 0.05) is 12.1 Å². The third-order valence-corrected chi connectivity index (χ3v) is 5.27. The highest BCUT2D eigenvalue weighted by Crippen LogP contribution is 2.41. The number of aliphatic hydroxyl groups is 2. The number of phenolic OH excluding ortho intramolecular Hbond substituents is 1. The maximum atomic E-state index is 13.0.